The summed E-state index contributed by atoms with van der Waals surface area (Å²) >= 11 is 13.2. The Hall–Kier alpha value is -1.76. The Bertz CT molecular complexity index is 691. The number of amides is 1. The number of benzene rings is 1. The van der Waals surface area contributed by atoms with Crippen LogP contribution in [0, 0.1) is 0 Å². The van der Waals surface area contributed by atoms with E-state index in [-0.39, 0.29) is 32.1 Å². The lowest BCUT2D eigenvalue weighted by atomic mass is 10.3. The van der Waals surface area contributed by atoms with Crippen LogP contribution in [0.2, 0.25) is 10.0 Å². The van der Waals surface area contributed by atoms with Gasteiger partial charge in [-0.05, 0) is 29.6 Å². The molecule has 0 spiro atoms. The minimum absolute atomic E-state index is 0.0935. The molecule has 5 nitrogen and oxygen atoms in total. The maximum atomic E-state index is 11.7. The number of nitrogens with one attached hydrogen (secondary N) is 1. The summed E-state index contributed by atoms with van der Waals surface area (Å²) in [6, 6.07) is 6.59. The topological polar surface area (TPSA) is 64.6 Å². The molecule has 0 bridgehead atoms. The molecule has 0 radical (unpaired) electrons. The summed E-state index contributed by atoms with van der Waals surface area (Å²) in [7, 11) is 0. The van der Waals surface area contributed by atoms with Gasteiger partial charge in [0.1, 0.15) is 19.0 Å². The van der Waals surface area contributed by atoms with Gasteiger partial charge in [0.15, 0.2) is 0 Å². The third kappa shape index (κ3) is 6.03. The van der Waals surface area contributed by atoms with Crippen molar-refractivity contribution in [2.24, 2.45) is 0 Å². The Morgan fingerprint density at radius 3 is 2.71 bits per heavy atom. The highest BCUT2D eigenvalue weighted by atomic mass is 35.5. The Morgan fingerprint density at radius 2 is 2.00 bits per heavy atom. The van der Waals surface area contributed by atoms with Crippen molar-refractivity contribution in [3.05, 3.63) is 50.6 Å². The molecular formula is C16H15Cl2NO4S. The third-order valence-corrected chi connectivity index (χ3v) is 4.11. The van der Waals surface area contributed by atoms with E-state index >= 15 is 0 Å². The number of halogens is 2. The predicted octanol–water partition coefficient (Wildman–Crippen LogP) is 3.80. The second-order valence-corrected chi connectivity index (χ2v) is 6.29. The molecule has 0 aliphatic rings. The Morgan fingerprint density at radius 1 is 1.17 bits per heavy atom. The van der Waals surface area contributed by atoms with Crippen LogP contribution in [0.4, 0.5) is 0 Å². The molecule has 0 atom stereocenters. The average molecular weight is 388 g/mol. The number of hydrogen-bond donors (Lipinski definition) is 1. The number of rotatable bonds is 8. The predicted molar refractivity (Wildman–Crippen MR) is 94.2 cm³/mol. The SMILES string of the molecule is O=C(CCNC(=O)c1ccsc1)OCCOc1ccc(Cl)cc1Cl. The first kappa shape index (κ1) is 18.6. The largest absolute Gasteiger partial charge is 0.488 e. The van der Waals surface area contributed by atoms with Gasteiger partial charge in [0.25, 0.3) is 5.91 Å². The first-order valence-electron chi connectivity index (χ1n) is 7.10. The monoisotopic (exact) mass is 387 g/mol. The fourth-order valence-electron chi connectivity index (χ4n) is 1.75. The lowest BCUT2D eigenvalue weighted by Crippen LogP contribution is -2.26. The lowest BCUT2D eigenvalue weighted by Gasteiger charge is -2.09. The molecule has 2 rings (SSSR count). The van der Waals surface area contributed by atoms with Crippen molar-refractivity contribution in [1.82, 2.24) is 5.32 Å². The Balaban J connectivity index is 1.59. The lowest BCUT2D eigenvalue weighted by molar-refractivity contribution is -0.144. The summed E-state index contributed by atoms with van der Waals surface area (Å²) in [4.78, 5) is 23.2. The van der Waals surface area contributed by atoms with Crippen molar-refractivity contribution in [2.75, 3.05) is 19.8 Å². The van der Waals surface area contributed by atoms with Crippen molar-refractivity contribution < 1.29 is 19.1 Å². The Labute approximate surface area is 153 Å². The van der Waals surface area contributed by atoms with E-state index < -0.39 is 5.97 Å². The first-order chi connectivity index (χ1) is 11.6. The zero-order valence-electron chi connectivity index (χ0n) is 12.6. The first-order valence-corrected chi connectivity index (χ1v) is 8.80. The van der Waals surface area contributed by atoms with E-state index in [1.165, 1.54) is 11.3 Å². The molecule has 128 valence electrons. The summed E-state index contributed by atoms with van der Waals surface area (Å²) in [5.41, 5.74) is 0.585. The van der Waals surface area contributed by atoms with Crippen molar-refractivity contribution in [1.29, 1.82) is 0 Å². The maximum absolute atomic E-state index is 11.7. The van der Waals surface area contributed by atoms with Gasteiger partial charge in [-0.15, -0.1) is 0 Å². The third-order valence-electron chi connectivity index (χ3n) is 2.90. The summed E-state index contributed by atoms with van der Waals surface area (Å²) in [5, 5.41) is 7.12. The molecule has 0 saturated carbocycles. The van der Waals surface area contributed by atoms with Gasteiger partial charge in [-0.3, -0.25) is 9.59 Å². The minimum atomic E-state index is -0.411. The fourth-order valence-corrected chi connectivity index (χ4v) is 2.84. The van der Waals surface area contributed by atoms with Gasteiger partial charge >= 0.3 is 5.97 Å². The molecule has 24 heavy (non-hydrogen) atoms. The van der Waals surface area contributed by atoms with E-state index in [1.807, 2.05) is 5.38 Å². The highest BCUT2D eigenvalue weighted by Gasteiger charge is 2.08. The zero-order chi connectivity index (χ0) is 17.4. The molecule has 1 aromatic heterocycles. The van der Waals surface area contributed by atoms with Gasteiger partial charge in [-0.25, -0.2) is 0 Å². The number of carbonyl (C=O) groups is 2. The van der Waals surface area contributed by atoms with Crippen LogP contribution in [0.25, 0.3) is 0 Å². The van der Waals surface area contributed by atoms with Crippen LogP contribution in [0.15, 0.2) is 35.0 Å². The van der Waals surface area contributed by atoms with Crippen LogP contribution < -0.4 is 10.1 Å². The molecular weight excluding hydrogens is 373 g/mol. The second kappa shape index (κ2) is 9.52. The molecule has 1 heterocycles. The fraction of sp³-hybridized carbons (Fsp3) is 0.250. The second-order valence-electron chi connectivity index (χ2n) is 4.66. The standard InChI is InChI=1S/C16H15Cl2NO4S/c17-12-1-2-14(13(18)9-12)22-6-7-23-15(20)3-5-19-16(21)11-4-8-24-10-11/h1-2,4,8-10H,3,5-7H2,(H,19,21). The van der Waals surface area contributed by atoms with Gasteiger partial charge < -0.3 is 14.8 Å². The van der Waals surface area contributed by atoms with Crippen molar-refractivity contribution in [3.8, 4) is 5.75 Å². The number of thiophene rings is 1. The van der Waals surface area contributed by atoms with Crippen LogP contribution in [0.1, 0.15) is 16.8 Å². The average Bonchev–Trinajstić information content (AvgIpc) is 3.07. The highest BCUT2D eigenvalue weighted by molar-refractivity contribution is 7.08. The maximum Gasteiger partial charge on any atom is 0.307 e. The molecule has 2 aromatic rings. The van der Waals surface area contributed by atoms with Crippen molar-refractivity contribution in [3.63, 3.8) is 0 Å². The normalized spacial score (nSPS) is 10.2. The quantitative estimate of drug-likeness (QED) is 0.552. The molecule has 0 aliphatic carbocycles. The van der Waals surface area contributed by atoms with Crippen LogP contribution in [0.3, 0.4) is 0 Å². The number of esters is 1. The van der Waals surface area contributed by atoms with Gasteiger partial charge in [0.05, 0.1) is 11.4 Å². The van der Waals surface area contributed by atoms with Gasteiger partial charge in [0, 0.05) is 22.5 Å². The van der Waals surface area contributed by atoms with Gasteiger partial charge in [-0.1, -0.05) is 23.2 Å². The van der Waals surface area contributed by atoms with Crippen LogP contribution in [0.5, 0.6) is 5.75 Å². The van der Waals surface area contributed by atoms with Crippen molar-refractivity contribution >= 4 is 46.4 Å². The van der Waals surface area contributed by atoms with Gasteiger partial charge in [0.2, 0.25) is 0 Å². The summed E-state index contributed by atoms with van der Waals surface area (Å²) in [5.74, 6) is -0.142. The van der Waals surface area contributed by atoms with E-state index in [2.05, 4.69) is 5.32 Å². The highest BCUT2D eigenvalue weighted by Crippen LogP contribution is 2.27. The molecule has 0 saturated heterocycles. The molecule has 1 amide bonds. The molecule has 0 aliphatic heterocycles. The zero-order valence-corrected chi connectivity index (χ0v) is 14.9. The minimum Gasteiger partial charge on any atom is -0.488 e. The van der Waals surface area contributed by atoms with Crippen LogP contribution in [-0.4, -0.2) is 31.6 Å². The summed E-state index contributed by atoms with van der Waals surface area (Å²) < 4.78 is 10.4. The smallest absolute Gasteiger partial charge is 0.307 e. The number of hydrogen-bond acceptors (Lipinski definition) is 5. The summed E-state index contributed by atoms with van der Waals surface area (Å²) in [6.45, 7) is 0.488. The van der Waals surface area contributed by atoms with E-state index in [1.54, 1.807) is 29.6 Å². The molecule has 8 heteroatoms. The number of ether oxygens (including phenoxy) is 2. The van der Waals surface area contributed by atoms with Gasteiger partial charge in [-0.2, -0.15) is 11.3 Å². The van der Waals surface area contributed by atoms with E-state index in [0.29, 0.717) is 21.4 Å². The van der Waals surface area contributed by atoms with E-state index in [4.69, 9.17) is 32.7 Å². The number of carbonyl (C=O) groups excluding carboxylic acids is 2. The Kier molecular flexibility index (Phi) is 7.36. The van der Waals surface area contributed by atoms with Crippen LogP contribution in [-0.2, 0) is 9.53 Å². The molecule has 1 aromatic carbocycles. The van der Waals surface area contributed by atoms with Crippen LogP contribution >= 0.6 is 34.5 Å². The summed E-state index contributed by atoms with van der Waals surface area (Å²) in [6.07, 6.45) is 0.0948. The molecule has 0 fully saturated rings. The van der Waals surface area contributed by atoms with Crippen molar-refractivity contribution in [2.45, 2.75) is 6.42 Å². The van der Waals surface area contributed by atoms with E-state index in [0.717, 1.165) is 0 Å². The molecule has 0 unspecified atom stereocenters. The molecule has 1 N–H and O–H groups in total. The van der Waals surface area contributed by atoms with E-state index in [9.17, 15) is 9.59 Å².